The Morgan fingerprint density at radius 1 is 1.10 bits per heavy atom. The number of halogens is 2. The largest absolute Gasteiger partial charge is 0.313 e. The quantitative estimate of drug-likeness (QED) is 0.545. The summed E-state index contributed by atoms with van der Waals surface area (Å²) in [6.45, 7) is 7.84. The molecule has 0 saturated heterocycles. The first-order valence-corrected chi connectivity index (χ1v) is 9.05. The SMILES string of the molecule is CCCCC(CC)C(Cc1ccc(Cl)cc1Cl)NCCC. The summed E-state index contributed by atoms with van der Waals surface area (Å²) < 4.78 is 0. The second-order valence-corrected chi connectivity index (χ2v) is 6.65. The Kier molecular flexibility index (Phi) is 9.39. The van der Waals surface area contributed by atoms with Gasteiger partial charge in [0.2, 0.25) is 0 Å². The molecule has 0 radical (unpaired) electrons. The van der Waals surface area contributed by atoms with Gasteiger partial charge in [-0.15, -0.1) is 0 Å². The van der Waals surface area contributed by atoms with Gasteiger partial charge in [-0.1, -0.05) is 69.3 Å². The standard InChI is InChI=1S/C18H29Cl2N/c1-4-7-8-14(6-3)18(21-11-5-2)12-15-9-10-16(19)13-17(15)20/h9-10,13-14,18,21H,4-8,11-12H2,1-3H3. The summed E-state index contributed by atoms with van der Waals surface area (Å²) in [5, 5.41) is 5.22. The van der Waals surface area contributed by atoms with Crippen LogP contribution in [-0.4, -0.2) is 12.6 Å². The molecule has 1 nitrogen and oxygen atoms in total. The lowest BCUT2D eigenvalue weighted by Gasteiger charge is -2.28. The third-order valence-electron chi connectivity index (χ3n) is 4.13. The third-order valence-corrected chi connectivity index (χ3v) is 4.72. The fraction of sp³-hybridized carbons (Fsp3) is 0.667. The van der Waals surface area contributed by atoms with Crippen molar-refractivity contribution in [3.05, 3.63) is 33.8 Å². The topological polar surface area (TPSA) is 12.0 Å². The fourth-order valence-corrected chi connectivity index (χ4v) is 3.30. The Morgan fingerprint density at radius 2 is 1.86 bits per heavy atom. The summed E-state index contributed by atoms with van der Waals surface area (Å²) in [5.74, 6) is 0.711. The summed E-state index contributed by atoms with van der Waals surface area (Å²) in [7, 11) is 0. The van der Waals surface area contributed by atoms with Crippen molar-refractivity contribution in [1.82, 2.24) is 5.32 Å². The molecule has 0 saturated carbocycles. The predicted octanol–water partition coefficient (Wildman–Crippen LogP) is 6.12. The highest BCUT2D eigenvalue weighted by Crippen LogP contribution is 2.26. The number of unbranched alkanes of at least 4 members (excludes halogenated alkanes) is 1. The van der Waals surface area contributed by atoms with Gasteiger partial charge < -0.3 is 5.32 Å². The summed E-state index contributed by atoms with van der Waals surface area (Å²) in [6.07, 6.45) is 7.22. The van der Waals surface area contributed by atoms with E-state index in [0.29, 0.717) is 17.0 Å². The highest BCUT2D eigenvalue weighted by Gasteiger charge is 2.20. The van der Waals surface area contributed by atoms with Crippen LogP contribution in [0.4, 0.5) is 0 Å². The van der Waals surface area contributed by atoms with Crippen LogP contribution in [0, 0.1) is 5.92 Å². The Balaban J connectivity index is 2.79. The molecule has 0 spiro atoms. The van der Waals surface area contributed by atoms with E-state index in [2.05, 4.69) is 32.2 Å². The van der Waals surface area contributed by atoms with Crippen LogP contribution in [0.25, 0.3) is 0 Å². The fourth-order valence-electron chi connectivity index (χ4n) is 2.82. The van der Waals surface area contributed by atoms with Gasteiger partial charge >= 0.3 is 0 Å². The monoisotopic (exact) mass is 329 g/mol. The molecule has 3 heteroatoms. The molecule has 0 aliphatic carbocycles. The maximum Gasteiger partial charge on any atom is 0.0453 e. The first kappa shape index (κ1) is 18.8. The Bertz CT molecular complexity index is 406. The van der Waals surface area contributed by atoms with E-state index in [-0.39, 0.29) is 0 Å². The van der Waals surface area contributed by atoms with Gasteiger partial charge in [0, 0.05) is 16.1 Å². The van der Waals surface area contributed by atoms with E-state index in [4.69, 9.17) is 23.2 Å². The molecule has 0 aliphatic heterocycles. The lowest BCUT2D eigenvalue weighted by Crippen LogP contribution is -2.38. The molecule has 0 bridgehead atoms. The van der Waals surface area contributed by atoms with Crippen LogP contribution in [0.2, 0.25) is 10.0 Å². The summed E-state index contributed by atoms with van der Waals surface area (Å²) in [4.78, 5) is 0. The van der Waals surface area contributed by atoms with Gasteiger partial charge in [0.25, 0.3) is 0 Å². The Hall–Kier alpha value is -0.240. The molecule has 1 aromatic carbocycles. The number of hydrogen-bond donors (Lipinski definition) is 1. The molecular weight excluding hydrogens is 301 g/mol. The smallest absolute Gasteiger partial charge is 0.0453 e. The van der Waals surface area contributed by atoms with Crippen molar-refractivity contribution in [2.24, 2.45) is 5.92 Å². The maximum atomic E-state index is 6.35. The van der Waals surface area contributed by atoms with Crippen molar-refractivity contribution < 1.29 is 0 Å². The average Bonchev–Trinajstić information content (AvgIpc) is 2.47. The van der Waals surface area contributed by atoms with E-state index in [0.717, 1.165) is 24.4 Å². The van der Waals surface area contributed by atoms with E-state index in [1.54, 1.807) is 0 Å². The molecule has 0 aliphatic rings. The molecule has 21 heavy (non-hydrogen) atoms. The molecule has 1 N–H and O–H groups in total. The highest BCUT2D eigenvalue weighted by atomic mass is 35.5. The van der Waals surface area contributed by atoms with Crippen molar-refractivity contribution in [2.75, 3.05) is 6.54 Å². The Morgan fingerprint density at radius 3 is 2.43 bits per heavy atom. The van der Waals surface area contributed by atoms with Crippen LogP contribution in [0.15, 0.2) is 18.2 Å². The van der Waals surface area contributed by atoms with E-state index in [9.17, 15) is 0 Å². The zero-order valence-corrected chi connectivity index (χ0v) is 15.1. The highest BCUT2D eigenvalue weighted by molar-refractivity contribution is 6.35. The minimum atomic E-state index is 0.500. The molecule has 0 heterocycles. The molecule has 120 valence electrons. The summed E-state index contributed by atoms with van der Waals surface area (Å²) in [6, 6.07) is 6.35. The molecule has 0 aromatic heterocycles. The van der Waals surface area contributed by atoms with Gasteiger partial charge in [0.05, 0.1) is 0 Å². The molecule has 2 atom stereocenters. The first-order chi connectivity index (χ1) is 10.1. The van der Waals surface area contributed by atoms with Crippen LogP contribution in [-0.2, 0) is 6.42 Å². The van der Waals surface area contributed by atoms with Gasteiger partial charge in [0.1, 0.15) is 0 Å². The van der Waals surface area contributed by atoms with E-state index < -0.39 is 0 Å². The van der Waals surface area contributed by atoms with E-state index >= 15 is 0 Å². The summed E-state index contributed by atoms with van der Waals surface area (Å²) >= 11 is 12.3. The van der Waals surface area contributed by atoms with Gasteiger partial charge in [-0.2, -0.15) is 0 Å². The minimum absolute atomic E-state index is 0.500. The van der Waals surface area contributed by atoms with Crippen molar-refractivity contribution >= 4 is 23.2 Å². The van der Waals surface area contributed by atoms with Crippen LogP contribution < -0.4 is 5.32 Å². The van der Waals surface area contributed by atoms with Crippen molar-refractivity contribution in [1.29, 1.82) is 0 Å². The van der Waals surface area contributed by atoms with Crippen molar-refractivity contribution in [2.45, 2.75) is 65.3 Å². The normalized spacial score (nSPS) is 14.1. The zero-order chi connectivity index (χ0) is 15.7. The predicted molar refractivity (Wildman–Crippen MR) is 95.6 cm³/mol. The van der Waals surface area contributed by atoms with Crippen LogP contribution in [0.5, 0.6) is 0 Å². The molecule has 0 fully saturated rings. The maximum absolute atomic E-state index is 6.35. The molecule has 1 rings (SSSR count). The average molecular weight is 330 g/mol. The number of rotatable bonds is 10. The molecule has 1 aromatic rings. The molecular formula is C18H29Cl2N. The lowest BCUT2D eigenvalue weighted by atomic mass is 9.87. The second-order valence-electron chi connectivity index (χ2n) is 5.81. The van der Waals surface area contributed by atoms with Crippen LogP contribution in [0.3, 0.4) is 0 Å². The number of hydrogen-bond acceptors (Lipinski definition) is 1. The van der Waals surface area contributed by atoms with Gasteiger partial charge in [0.15, 0.2) is 0 Å². The molecule has 0 amide bonds. The van der Waals surface area contributed by atoms with Gasteiger partial charge in [-0.05, 0) is 49.4 Å². The van der Waals surface area contributed by atoms with Crippen molar-refractivity contribution in [3.63, 3.8) is 0 Å². The molecule has 2 unspecified atom stereocenters. The minimum Gasteiger partial charge on any atom is -0.313 e. The second kappa shape index (κ2) is 10.5. The zero-order valence-electron chi connectivity index (χ0n) is 13.6. The van der Waals surface area contributed by atoms with Gasteiger partial charge in [-0.3, -0.25) is 0 Å². The van der Waals surface area contributed by atoms with Crippen LogP contribution in [0.1, 0.15) is 58.4 Å². The first-order valence-electron chi connectivity index (χ1n) is 8.29. The Labute approximate surface area is 140 Å². The van der Waals surface area contributed by atoms with E-state index in [1.807, 2.05) is 12.1 Å². The van der Waals surface area contributed by atoms with Crippen molar-refractivity contribution in [3.8, 4) is 0 Å². The lowest BCUT2D eigenvalue weighted by molar-refractivity contribution is 0.315. The van der Waals surface area contributed by atoms with Gasteiger partial charge in [-0.25, -0.2) is 0 Å². The van der Waals surface area contributed by atoms with Crippen LogP contribution >= 0.6 is 23.2 Å². The third kappa shape index (κ3) is 6.59. The summed E-state index contributed by atoms with van der Waals surface area (Å²) in [5.41, 5.74) is 1.20. The number of benzene rings is 1. The number of nitrogens with one attached hydrogen (secondary N) is 1. The van der Waals surface area contributed by atoms with E-state index in [1.165, 1.54) is 31.2 Å².